The van der Waals surface area contributed by atoms with Gasteiger partial charge >= 0.3 is 0 Å². The lowest BCUT2D eigenvalue weighted by Crippen LogP contribution is -2.27. The molecule has 0 spiro atoms. The molecule has 1 heterocycles. The summed E-state index contributed by atoms with van der Waals surface area (Å²) < 4.78 is 36.4. The molecule has 0 aliphatic carbocycles. The van der Waals surface area contributed by atoms with Crippen molar-refractivity contribution in [3.8, 4) is 5.75 Å². The first-order valence-corrected chi connectivity index (χ1v) is 4.26. The van der Waals surface area contributed by atoms with Gasteiger partial charge in [0.1, 0.15) is 12.4 Å². The van der Waals surface area contributed by atoms with Gasteiger partial charge in [0.15, 0.2) is 0 Å². The minimum atomic E-state index is -2.90. The number of methoxy groups -OCH3 is 1. The molecular formula is C10H10F2O2. The Kier molecular flexibility index (Phi) is 2.15. The Balaban J connectivity index is 2.49. The van der Waals surface area contributed by atoms with Crippen LogP contribution < -0.4 is 4.74 Å². The van der Waals surface area contributed by atoms with E-state index in [0.717, 1.165) is 0 Å². The Morgan fingerprint density at radius 3 is 2.93 bits per heavy atom. The summed E-state index contributed by atoms with van der Waals surface area (Å²) in [6, 6.07) is 4.64. The fourth-order valence-electron chi connectivity index (χ4n) is 1.52. The lowest BCUT2D eigenvalue weighted by molar-refractivity contribution is -0.103. The minimum Gasteiger partial charge on any atom is -0.497 e. The van der Waals surface area contributed by atoms with Gasteiger partial charge in [-0.15, -0.1) is 0 Å². The molecule has 0 fully saturated rings. The SMILES string of the molecule is COc1ccc2c(c1)C(F)(F)COC2. The van der Waals surface area contributed by atoms with E-state index in [9.17, 15) is 8.78 Å². The van der Waals surface area contributed by atoms with Gasteiger partial charge in [-0.05, 0) is 17.7 Å². The number of fused-ring (bicyclic) bond motifs is 1. The Hall–Kier alpha value is -1.16. The van der Waals surface area contributed by atoms with Crippen molar-refractivity contribution in [3.05, 3.63) is 29.3 Å². The molecule has 76 valence electrons. The van der Waals surface area contributed by atoms with E-state index in [4.69, 9.17) is 9.47 Å². The topological polar surface area (TPSA) is 18.5 Å². The molecule has 0 radical (unpaired) electrons. The molecule has 0 saturated heterocycles. The highest BCUT2D eigenvalue weighted by molar-refractivity contribution is 5.39. The minimum absolute atomic E-state index is 0.0168. The second-order valence-corrected chi connectivity index (χ2v) is 3.22. The van der Waals surface area contributed by atoms with E-state index in [1.165, 1.54) is 13.2 Å². The highest BCUT2D eigenvalue weighted by atomic mass is 19.3. The van der Waals surface area contributed by atoms with Crippen LogP contribution in [0.4, 0.5) is 8.78 Å². The van der Waals surface area contributed by atoms with Gasteiger partial charge < -0.3 is 9.47 Å². The van der Waals surface area contributed by atoms with Crippen molar-refractivity contribution in [3.63, 3.8) is 0 Å². The average Bonchev–Trinajstić information content (AvgIpc) is 2.17. The van der Waals surface area contributed by atoms with Crippen LogP contribution in [0.15, 0.2) is 18.2 Å². The third kappa shape index (κ3) is 1.46. The maximum Gasteiger partial charge on any atom is 0.296 e. The van der Waals surface area contributed by atoms with E-state index in [1.807, 2.05) is 0 Å². The van der Waals surface area contributed by atoms with Gasteiger partial charge in [-0.25, -0.2) is 0 Å². The molecule has 0 saturated carbocycles. The molecule has 0 aromatic heterocycles. The van der Waals surface area contributed by atoms with Crippen LogP contribution in [0.3, 0.4) is 0 Å². The van der Waals surface area contributed by atoms with Gasteiger partial charge in [0.2, 0.25) is 0 Å². The normalized spacial score (nSPS) is 18.8. The van der Waals surface area contributed by atoms with Gasteiger partial charge in [-0.1, -0.05) is 6.07 Å². The zero-order valence-electron chi connectivity index (χ0n) is 7.72. The Labute approximate surface area is 80.4 Å². The summed E-state index contributed by atoms with van der Waals surface area (Å²) in [5.74, 6) is -2.45. The van der Waals surface area contributed by atoms with Gasteiger partial charge in [-0.3, -0.25) is 0 Å². The smallest absolute Gasteiger partial charge is 0.296 e. The Morgan fingerprint density at radius 2 is 2.21 bits per heavy atom. The molecule has 4 heteroatoms. The molecule has 1 aliphatic heterocycles. The van der Waals surface area contributed by atoms with Crippen LogP contribution in [0, 0.1) is 0 Å². The monoisotopic (exact) mass is 200 g/mol. The van der Waals surface area contributed by atoms with E-state index in [-0.39, 0.29) is 12.2 Å². The molecule has 0 N–H and O–H groups in total. The molecule has 0 amide bonds. The fraction of sp³-hybridized carbons (Fsp3) is 0.400. The maximum absolute atomic E-state index is 13.3. The van der Waals surface area contributed by atoms with Crippen LogP contribution >= 0.6 is 0 Å². The number of hydrogen-bond acceptors (Lipinski definition) is 2. The highest BCUT2D eigenvalue weighted by Gasteiger charge is 2.37. The number of halogens is 2. The lowest BCUT2D eigenvalue weighted by atomic mass is 10.00. The molecule has 0 atom stereocenters. The molecule has 1 aromatic rings. The first kappa shape index (κ1) is 9.40. The molecule has 0 bridgehead atoms. The van der Waals surface area contributed by atoms with Crippen molar-refractivity contribution in [2.45, 2.75) is 12.5 Å². The summed E-state index contributed by atoms with van der Waals surface area (Å²) in [5, 5.41) is 0. The highest BCUT2D eigenvalue weighted by Crippen LogP contribution is 2.37. The third-order valence-electron chi connectivity index (χ3n) is 2.25. The third-order valence-corrected chi connectivity index (χ3v) is 2.25. The van der Waals surface area contributed by atoms with Crippen LogP contribution in [0.2, 0.25) is 0 Å². The standard InChI is InChI=1S/C10H10F2O2/c1-13-8-3-2-7-5-14-6-10(11,12)9(7)4-8/h2-4H,5-6H2,1H3. The zero-order chi connectivity index (χ0) is 10.2. The lowest BCUT2D eigenvalue weighted by Gasteiger charge is -2.25. The summed E-state index contributed by atoms with van der Waals surface area (Å²) in [6.45, 7) is -0.303. The molecule has 2 nitrogen and oxygen atoms in total. The molecular weight excluding hydrogens is 190 g/mol. The van der Waals surface area contributed by atoms with Gasteiger partial charge in [0, 0.05) is 5.56 Å². The quantitative estimate of drug-likeness (QED) is 0.692. The molecule has 2 rings (SSSR count). The second-order valence-electron chi connectivity index (χ2n) is 3.22. The van der Waals surface area contributed by atoms with Crippen LogP contribution in [-0.2, 0) is 17.3 Å². The predicted octanol–water partition coefficient (Wildman–Crippen LogP) is 2.32. The number of alkyl halides is 2. The van der Waals surface area contributed by atoms with Crippen molar-refractivity contribution in [2.75, 3.05) is 13.7 Å². The van der Waals surface area contributed by atoms with E-state index in [1.54, 1.807) is 12.1 Å². The van der Waals surface area contributed by atoms with Crippen LogP contribution in [0.1, 0.15) is 11.1 Å². The molecule has 1 aromatic carbocycles. The van der Waals surface area contributed by atoms with Gasteiger partial charge in [0.05, 0.1) is 13.7 Å². The number of ether oxygens (including phenoxy) is 2. The van der Waals surface area contributed by atoms with Gasteiger partial charge in [-0.2, -0.15) is 8.78 Å². The summed E-state index contributed by atoms with van der Waals surface area (Å²) in [7, 11) is 1.46. The average molecular weight is 200 g/mol. The second kappa shape index (κ2) is 3.20. The predicted molar refractivity (Wildman–Crippen MR) is 46.5 cm³/mol. The van der Waals surface area contributed by atoms with Crippen molar-refractivity contribution >= 4 is 0 Å². The number of hydrogen-bond donors (Lipinski definition) is 0. The van der Waals surface area contributed by atoms with Crippen molar-refractivity contribution in [1.82, 2.24) is 0 Å². The first-order chi connectivity index (χ1) is 6.63. The Bertz CT molecular complexity index is 350. The van der Waals surface area contributed by atoms with E-state index >= 15 is 0 Å². The van der Waals surface area contributed by atoms with E-state index in [2.05, 4.69) is 0 Å². The van der Waals surface area contributed by atoms with Gasteiger partial charge in [0.25, 0.3) is 5.92 Å². The number of rotatable bonds is 1. The van der Waals surface area contributed by atoms with E-state index in [0.29, 0.717) is 11.3 Å². The van der Waals surface area contributed by atoms with E-state index < -0.39 is 12.5 Å². The van der Waals surface area contributed by atoms with Crippen molar-refractivity contribution < 1.29 is 18.3 Å². The zero-order valence-corrected chi connectivity index (χ0v) is 7.72. The molecule has 1 aliphatic rings. The molecule has 14 heavy (non-hydrogen) atoms. The summed E-state index contributed by atoms with van der Waals surface area (Å²) >= 11 is 0. The van der Waals surface area contributed by atoms with Crippen LogP contribution in [-0.4, -0.2) is 13.7 Å². The van der Waals surface area contributed by atoms with Crippen LogP contribution in [0.5, 0.6) is 5.75 Å². The molecule has 0 unspecified atom stereocenters. The van der Waals surface area contributed by atoms with Crippen molar-refractivity contribution in [1.29, 1.82) is 0 Å². The summed E-state index contributed by atoms with van der Waals surface area (Å²) in [5.41, 5.74) is 0.546. The summed E-state index contributed by atoms with van der Waals surface area (Å²) in [4.78, 5) is 0. The van der Waals surface area contributed by atoms with Crippen molar-refractivity contribution in [2.24, 2.45) is 0 Å². The van der Waals surface area contributed by atoms with Crippen LogP contribution in [0.25, 0.3) is 0 Å². The number of benzene rings is 1. The fourth-order valence-corrected chi connectivity index (χ4v) is 1.52. The maximum atomic E-state index is 13.3. The first-order valence-electron chi connectivity index (χ1n) is 4.26. The summed E-state index contributed by atoms with van der Waals surface area (Å²) in [6.07, 6.45) is 0. The largest absolute Gasteiger partial charge is 0.497 e. The Morgan fingerprint density at radius 1 is 1.43 bits per heavy atom.